The van der Waals surface area contributed by atoms with Crippen LogP contribution in [0.4, 0.5) is 4.39 Å². The van der Waals surface area contributed by atoms with E-state index >= 15 is 0 Å². The Morgan fingerprint density at radius 3 is 2.64 bits per heavy atom. The summed E-state index contributed by atoms with van der Waals surface area (Å²) in [6.45, 7) is 7.32. The van der Waals surface area contributed by atoms with Crippen molar-refractivity contribution >= 4 is 5.96 Å². The minimum absolute atomic E-state index is 0.116. The van der Waals surface area contributed by atoms with Gasteiger partial charge in [-0.15, -0.1) is 0 Å². The van der Waals surface area contributed by atoms with Crippen LogP contribution in [0.5, 0.6) is 0 Å². The molecule has 0 amide bonds. The monoisotopic (exact) mass is 350 g/mol. The highest BCUT2D eigenvalue weighted by molar-refractivity contribution is 5.79. The zero-order valence-corrected chi connectivity index (χ0v) is 15.4. The fourth-order valence-electron chi connectivity index (χ4n) is 3.03. The minimum Gasteiger partial charge on any atom is -0.393 e. The first-order valence-corrected chi connectivity index (χ1v) is 9.22. The summed E-state index contributed by atoms with van der Waals surface area (Å²) in [6.07, 6.45) is 2.66. The highest BCUT2D eigenvalue weighted by Gasteiger charge is 2.16. The second kappa shape index (κ2) is 10.4. The molecule has 0 radical (unpaired) electrons. The first kappa shape index (κ1) is 19.7. The van der Waals surface area contributed by atoms with Crippen LogP contribution in [0, 0.1) is 5.82 Å². The lowest BCUT2D eigenvalue weighted by Gasteiger charge is -2.29. The third-order valence-corrected chi connectivity index (χ3v) is 4.48. The number of hydrogen-bond acceptors (Lipinski definition) is 3. The third-order valence-electron chi connectivity index (χ3n) is 4.48. The van der Waals surface area contributed by atoms with Gasteiger partial charge in [-0.2, -0.15) is 0 Å². The van der Waals surface area contributed by atoms with Crippen molar-refractivity contribution in [3.8, 4) is 0 Å². The van der Waals surface area contributed by atoms with Crippen LogP contribution in [0.1, 0.15) is 31.7 Å². The van der Waals surface area contributed by atoms with E-state index in [1.807, 2.05) is 7.05 Å². The summed E-state index contributed by atoms with van der Waals surface area (Å²) in [7, 11) is 2.00. The van der Waals surface area contributed by atoms with E-state index in [0.29, 0.717) is 6.54 Å². The van der Waals surface area contributed by atoms with E-state index in [1.165, 1.54) is 12.1 Å². The maximum Gasteiger partial charge on any atom is 0.193 e. The van der Waals surface area contributed by atoms with Crippen molar-refractivity contribution in [2.24, 2.45) is 4.99 Å². The van der Waals surface area contributed by atoms with Crippen LogP contribution in [0.2, 0.25) is 0 Å². The number of benzene rings is 1. The Kier molecular flexibility index (Phi) is 8.15. The van der Waals surface area contributed by atoms with Crippen molar-refractivity contribution in [2.45, 2.75) is 38.8 Å². The highest BCUT2D eigenvalue weighted by Crippen LogP contribution is 2.10. The molecule has 0 atom stereocenters. The fourth-order valence-corrected chi connectivity index (χ4v) is 3.03. The first-order valence-electron chi connectivity index (χ1n) is 9.22. The van der Waals surface area contributed by atoms with Gasteiger partial charge in [-0.1, -0.05) is 12.1 Å². The number of nitrogens with one attached hydrogen (secondary N) is 1. The summed E-state index contributed by atoms with van der Waals surface area (Å²) in [6, 6.07) is 6.59. The molecule has 6 heteroatoms. The Balaban J connectivity index is 1.79. The zero-order chi connectivity index (χ0) is 18.1. The van der Waals surface area contributed by atoms with Crippen molar-refractivity contribution in [1.82, 2.24) is 15.1 Å². The number of halogens is 1. The lowest BCUT2D eigenvalue weighted by molar-refractivity contribution is 0.0824. The molecule has 0 aromatic heterocycles. The molecular formula is C19H31FN4O. The van der Waals surface area contributed by atoms with Crippen molar-refractivity contribution in [2.75, 3.05) is 39.8 Å². The molecular weight excluding hydrogens is 319 g/mol. The number of aliphatic imine (C=N–C) groups is 1. The van der Waals surface area contributed by atoms with Crippen LogP contribution in [0.25, 0.3) is 0 Å². The number of aliphatic hydroxyl groups excluding tert-OH is 1. The topological polar surface area (TPSA) is 51.1 Å². The molecule has 25 heavy (non-hydrogen) atoms. The van der Waals surface area contributed by atoms with Gasteiger partial charge in [0.2, 0.25) is 0 Å². The van der Waals surface area contributed by atoms with Crippen LogP contribution in [-0.4, -0.2) is 66.7 Å². The number of likely N-dealkylation sites (tertiary alicyclic amines) is 1. The molecule has 1 saturated heterocycles. The van der Waals surface area contributed by atoms with E-state index in [1.54, 1.807) is 12.1 Å². The number of nitrogens with zero attached hydrogens (tertiary/aromatic N) is 3. The van der Waals surface area contributed by atoms with Gasteiger partial charge in [0.15, 0.2) is 5.96 Å². The Hall–Kier alpha value is -1.66. The molecule has 0 spiro atoms. The summed E-state index contributed by atoms with van der Waals surface area (Å²) >= 11 is 0. The SMILES string of the molecule is CCNC(=NCCCN1CCC(O)CC1)N(C)Cc1ccc(F)cc1. The molecule has 0 unspecified atom stereocenters. The van der Waals surface area contributed by atoms with Crippen molar-refractivity contribution < 1.29 is 9.50 Å². The zero-order valence-electron chi connectivity index (χ0n) is 15.4. The molecule has 1 aliphatic rings. The fraction of sp³-hybridized carbons (Fsp3) is 0.632. The number of piperidine rings is 1. The lowest BCUT2D eigenvalue weighted by atomic mass is 10.1. The van der Waals surface area contributed by atoms with Gasteiger partial charge in [0.1, 0.15) is 5.82 Å². The molecule has 0 bridgehead atoms. The van der Waals surface area contributed by atoms with E-state index in [4.69, 9.17) is 4.99 Å². The Labute approximate surface area is 150 Å². The Bertz CT molecular complexity index is 527. The number of aliphatic hydroxyl groups is 1. The lowest BCUT2D eigenvalue weighted by Crippen LogP contribution is -2.39. The number of guanidine groups is 1. The average Bonchev–Trinajstić information content (AvgIpc) is 2.61. The molecule has 1 aromatic carbocycles. The van der Waals surface area contributed by atoms with Crippen molar-refractivity contribution in [3.05, 3.63) is 35.6 Å². The molecule has 1 heterocycles. The van der Waals surface area contributed by atoms with E-state index in [2.05, 4.69) is 22.0 Å². The van der Waals surface area contributed by atoms with Gasteiger partial charge in [-0.3, -0.25) is 4.99 Å². The second-order valence-corrected chi connectivity index (χ2v) is 6.64. The van der Waals surface area contributed by atoms with Gasteiger partial charge in [0.05, 0.1) is 6.10 Å². The molecule has 140 valence electrons. The molecule has 0 aliphatic carbocycles. The van der Waals surface area contributed by atoms with E-state index in [0.717, 1.165) is 63.5 Å². The van der Waals surface area contributed by atoms with Gasteiger partial charge < -0.3 is 20.2 Å². The van der Waals surface area contributed by atoms with Gasteiger partial charge in [0, 0.05) is 39.8 Å². The van der Waals surface area contributed by atoms with Crippen LogP contribution in [0.3, 0.4) is 0 Å². The van der Waals surface area contributed by atoms with Gasteiger partial charge in [0.25, 0.3) is 0 Å². The molecule has 5 nitrogen and oxygen atoms in total. The Morgan fingerprint density at radius 2 is 2.00 bits per heavy atom. The Morgan fingerprint density at radius 1 is 1.32 bits per heavy atom. The van der Waals surface area contributed by atoms with Crippen molar-refractivity contribution in [3.63, 3.8) is 0 Å². The standard InChI is InChI=1S/C19H31FN4O/c1-3-21-19(23(2)15-16-5-7-17(20)8-6-16)22-11-4-12-24-13-9-18(25)10-14-24/h5-8,18,25H,3-4,9-15H2,1-2H3,(H,21,22). The normalized spacial score (nSPS) is 16.9. The predicted octanol–water partition coefficient (Wildman–Crippen LogP) is 2.07. The number of rotatable bonds is 7. The van der Waals surface area contributed by atoms with E-state index < -0.39 is 0 Å². The summed E-state index contributed by atoms with van der Waals surface area (Å²) in [5.41, 5.74) is 1.06. The van der Waals surface area contributed by atoms with Crippen LogP contribution < -0.4 is 5.32 Å². The molecule has 2 N–H and O–H groups in total. The summed E-state index contributed by atoms with van der Waals surface area (Å²) in [5.74, 6) is 0.665. The van der Waals surface area contributed by atoms with Gasteiger partial charge in [-0.05, 0) is 50.4 Å². The molecule has 2 rings (SSSR count). The maximum absolute atomic E-state index is 13.0. The minimum atomic E-state index is -0.211. The highest BCUT2D eigenvalue weighted by atomic mass is 19.1. The van der Waals surface area contributed by atoms with Crippen LogP contribution in [0.15, 0.2) is 29.3 Å². The third kappa shape index (κ3) is 7.00. The van der Waals surface area contributed by atoms with Crippen molar-refractivity contribution in [1.29, 1.82) is 0 Å². The van der Waals surface area contributed by atoms with Gasteiger partial charge in [-0.25, -0.2) is 4.39 Å². The second-order valence-electron chi connectivity index (χ2n) is 6.64. The summed E-state index contributed by atoms with van der Waals surface area (Å²) < 4.78 is 13.0. The van der Waals surface area contributed by atoms with Crippen LogP contribution in [-0.2, 0) is 6.54 Å². The quantitative estimate of drug-likeness (QED) is 0.449. The van der Waals surface area contributed by atoms with Gasteiger partial charge >= 0.3 is 0 Å². The molecule has 0 saturated carbocycles. The largest absolute Gasteiger partial charge is 0.393 e. The maximum atomic E-state index is 13.0. The van der Waals surface area contributed by atoms with E-state index in [9.17, 15) is 9.50 Å². The van der Waals surface area contributed by atoms with E-state index in [-0.39, 0.29) is 11.9 Å². The average molecular weight is 350 g/mol. The summed E-state index contributed by atoms with van der Waals surface area (Å²) in [4.78, 5) is 9.17. The molecule has 1 fully saturated rings. The summed E-state index contributed by atoms with van der Waals surface area (Å²) in [5, 5.41) is 12.9. The number of hydrogen-bond donors (Lipinski definition) is 2. The molecule has 1 aliphatic heterocycles. The predicted molar refractivity (Wildman–Crippen MR) is 100 cm³/mol. The first-order chi connectivity index (χ1) is 12.1. The van der Waals surface area contributed by atoms with Crippen LogP contribution >= 0.6 is 0 Å². The molecule has 1 aromatic rings. The smallest absolute Gasteiger partial charge is 0.193 e.